The number of aliphatic imine (C=N–C) groups is 1. The molecule has 0 unspecified atom stereocenters. The van der Waals surface area contributed by atoms with Gasteiger partial charge in [0.1, 0.15) is 17.0 Å². The summed E-state index contributed by atoms with van der Waals surface area (Å²) in [7, 11) is -1.47. The van der Waals surface area contributed by atoms with Crippen LogP contribution in [0.25, 0.3) is 0 Å². The maximum absolute atomic E-state index is 16.1. The molecule has 2 aromatic rings. The van der Waals surface area contributed by atoms with Crippen molar-refractivity contribution >= 4 is 34.3 Å². The summed E-state index contributed by atoms with van der Waals surface area (Å²) in [6, 6.07) is 9.04. The molecule has 1 saturated heterocycles. The zero-order valence-corrected chi connectivity index (χ0v) is 32.6. The first kappa shape index (κ1) is 44.2. The molecule has 0 saturated carbocycles. The highest BCUT2D eigenvalue weighted by molar-refractivity contribution is 7.86. The highest BCUT2D eigenvalue weighted by Crippen LogP contribution is 2.22. The number of nitrogens with zero attached hydrogens (tertiary/aromatic N) is 5. The lowest BCUT2D eigenvalue weighted by molar-refractivity contribution is -0.603. The fraction of sp³-hybridized carbons (Fsp3) is 0.484. The Morgan fingerprint density at radius 2 is 1.42 bits per heavy atom. The van der Waals surface area contributed by atoms with Crippen LogP contribution in [0.15, 0.2) is 41.4 Å². The number of urea groups is 1. The Labute approximate surface area is 308 Å². The molecule has 1 fully saturated rings. The van der Waals surface area contributed by atoms with Crippen molar-refractivity contribution < 1.29 is 84.7 Å². The third-order valence-corrected chi connectivity index (χ3v) is 9.56. The Morgan fingerprint density at radius 3 is 1.87 bits per heavy atom. The van der Waals surface area contributed by atoms with E-state index in [0.717, 1.165) is 14.5 Å². The van der Waals surface area contributed by atoms with E-state index in [0.29, 0.717) is 5.75 Å². The summed E-state index contributed by atoms with van der Waals surface area (Å²) in [6.07, 6.45) is -1.94. The van der Waals surface area contributed by atoms with Crippen molar-refractivity contribution in [1.82, 2.24) is 19.6 Å². The number of carbonyl (C=O) groups is 3. The summed E-state index contributed by atoms with van der Waals surface area (Å²) >= 11 is -1.30. The largest absolute Gasteiger partial charge is 0.741 e. The Hall–Kier alpha value is -3.99. The first-order chi connectivity index (χ1) is 23.6. The van der Waals surface area contributed by atoms with Gasteiger partial charge in [-0.05, 0) is 71.9 Å². The molecule has 4 amide bonds. The average Bonchev–Trinajstić information content (AvgIpc) is 2.98. The number of amides is 4. The molecule has 1 aliphatic rings. The van der Waals surface area contributed by atoms with Crippen molar-refractivity contribution in [2.45, 2.75) is 64.8 Å². The van der Waals surface area contributed by atoms with Crippen LogP contribution in [0.5, 0.6) is 5.75 Å². The standard InChI is InChI=1S/C30H39F2IN5O6.CHF3O3S/c1-29(2,3)43-26(39)34-25(37-17-35(7)27(40)36(8)18-37)38(28(41)44-30(4,5)6)16-19-10-15-22(31)24(23(19)32)33-20-11-13-21(42-9)14-12-20;2-1(3,4)8(5,6)7/h10-15H,16-18H2,1-9H3;(H,5,6,7)/q+1;/p-1. The molecule has 21 heteroatoms. The zero-order valence-electron chi connectivity index (χ0n) is 29.7. The molecule has 0 atom stereocenters. The molecule has 14 nitrogen and oxygen atoms in total. The van der Waals surface area contributed by atoms with E-state index in [4.69, 9.17) is 27.2 Å². The number of halogens is 6. The number of guanidine groups is 1. The van der Waals surface area contributed by atoms with Crippen molar-refractivity contribution in [3.05, 3.63) is 60.7 Å². The lowest BCUT2D eigenvalue weighted by Gasteiger charge is -2.42. The Kier molecular flexibility index (Phi) is 14.6. The van der Waals surface area contributed by atoms with Crippen LogP contribution in [-0.2, 0) is 26.1 Å². The Balaban J connectivity index is 0.00000104. The van der Waals surface area contributed by atoms with Crippen LogP contribution in [0.4, 0.5) is 36.3 Å². The van der Waals surface area contributed by atoms with Crippen molar-refractivity contribution in [2.75, 3.05) is 34.5 Å². The molecule has 2 aromatic carbocycles. The van der Waals surface area contributed by atoms with Crippen LogP contribution in [0.2, 0.25) is 0 Å². The van der Waals surface area contributed by atoms with Gasteiger partial charge < -0.3 is 33.5 Å². The highest BCUT2D eigenvalue weighted by Gasteiger charge is 2.38. The van der Waals surface area contributed by atoms with Crippen molar-refractivity contribution in [3.63, 3.8) is 0 Å². The van der Waals surface area contributed by atoms with Gasteiger partial charge in [-0.2, -0.15) is 13.2 Å². The number of methoxy groups -OCH3 is 1. The van der Waals surface area contributed by atoms with Gasteiger partial charge in [0.2, 0.25) is 5.96 Å². The molecule has 0 radical (unpaired) electrons. The normalized spacial score (nSPS) is 14.4. The van der Waals surface area contributed by atoms with Crippen LogP contribution in [0.1, 0.15) is 47.1 Å². The summed E-state index contributed by atoms with van der Waals surface area (Å²) in [5.41, 5.74) is -7.54. The van der Waals surface area contributed by atoms with Crippen LogP contribution >= 0.6 is 0 Å². The number of ether oxygens (including phenoxy) is 3. The summed E-state index contributed by atoms with van der Waals surface area (Å²) in [5.74, 6) is -1.14. The minimum absolute atomic E-state index is 0.0212. The van der Waals surface area contributed by atoms with Gasteiger partial charge in [-0.3, -0.25) is 0 Å². The fourth-order valence-corrected chi connectivity index (χ4v) is 6.35. The molecular weight excluding hydrogens is 840 g/mol. The summed E-state index contributed by atoms with van der Waals surface area (Å²) in [5, 5.41) is 0. The van der Waals surface area contributed by atoms with Gasteiger partial charge >= 0.3 is 44.9 Å². The third kappa shape index (κ3) is 13.2. The molecule has 1 aliphatic heterocycles. The fourth-order valence-electron chi connectivity index (χ4n) is 3.99. The molecule has 290 valence electrons. The monoisotopic (exact) mass is 879 g/mol. The maximum Gasteiger partial charge on any atom is 0.485 e. The number of hydrogen-bond donors (Lipinski definition) is 0. The number of hydrogen-bond acceptors (Lipinski definition) is 9. The Morgan fingerprint density at radius 1 is 0.923 bits per heavy atom. The maximum atomic E-state index is 16.1. The van der Waals surface area contributed by atoms with Crippen LogP contribution in [-0.4, -0.2) is 108 Å². The smallest absolute Gasteiger partial charge is 0.485 e. The number of alkyl halides is 3. The lowest BCUT2D eigenvalue weighted by Crippen LogP contribution is -3.62. The number of carbonyl (C=O) groups excluding carboxylic acids is 3. The molecule has 1 heterocycles. The summed E-state index contributed by atoms with van der Waals surface area (Å²) in [4.78, 5) is 48.5. The van der Waals surface area contributed by atoms with Gasteiger partial charge in [-0.15, -0.1) is 4.99 Å². The molecule has 0 aromatic heterocycles. The predicted octanol–water partition coefficient (Wildman–Crippen LogP) is 2.40. The molecule has 0 N–H and O–H groups in total. The summed E-state index contributed by atoms with van der Waals surface area (Å²) < 4.78 is 107. The molecule has 0 spiro atoms. The van der Waals surface area contributed by atoms with E-state index in [9.17, 15) is 27.6 Å². The second-order valence-corrected chi connectivity index (χ2v) is 17.2. The van der Waals surface area contributed by atoms with E-state index in [1.807, 2.05) is 0 Å². The van der Waals surface area contributed by atoms with Crippen molar-refractivity contribution in [2.24, 2.45) is 4.99 Å². The van der Waals surface area contributed by atoms with Crippen molar-refractivity contribution in [3.8, 4) is 5.75 Å². The number of rotatable bonds is 5. The van der Waals surface area contributed by atoms with E-state index in [2.05, 4.69) is 4.99 Å². The van der Waals surface area contributed by atoms with E-state index < -0.39 is 78.4 Å². The van der Waals surface area contributed by atoms with E-state index in [1.54, 1.807) is 79.9 Å². The van der Waals surface area contributed by atoms with Crippen LogP contribution in [0, 0.1) is 18.8 Å². The van der Waals surface area contributed by atoms with Crippen LogP contribution < -0.4 is 25.9 Å². The van der Waals surface area contributed by atoms with Gasteiger partial charge in [0.05, 0.1) is 27.0 Å². The van der Waals surface area contributed by atoms with E-state index in [1.165, 1.54) is 27.9 Å². The summed E-state index contributed by atoms with van der Waals surface area (Å²) in [6.45, 7) is 9.39. The van der Waals surface area contributed by atoms with Crippen molar-refractivity contribution in [1.29, 1.82) is 0 Å². The molecule has 3 rings (SSSR count). The lowest BCUT2D eigenvalue weighted by atomic mass is 10.2. The highest BCUT2D eigenvalue weighted by atomic mass is 127. The second kappa shape index (κ2) is 17.2. The first-order valence-corrected chi connectivity index (χ1v) is 18.5. The average molecular weight is 880 g/mol. The van der Waals surface area contributed by atoms with Gasteiger partial charge in [-0.25, -0.2) is 36.5 Å². The Bertz CT molecular complexity index is 1740. The molecule has 52 heavy (non-hydrogen) atoms. The molecular formula is C31H39F5IN5O9S. The van der Waals surface area contributed by atoms with Crippen LogP contribution in [0.3, 0.4) is 0 Å². The SMILES string of the molecule is COc1ccc([I+]c2c(F)ccc(CN(C(=O)OC(C)(C)C)C(=NC(=O)OC(C)(C)C)N3CN(C)C(=O)N(C)C3)c2F)cc1.O=S(=O)([O-])C(F)(F)F. The zero-order chi connectivity index (χ0) is 40.0. The van der Waals surface area contributed by atoms with Gasteiger partial charge in [0.25, 0.3) is 3.57 Å². The van der Waals surface area contributed by atoms with Gasteiger partial charge in [0, 0.05) is 19.7 Å². The first-order valence-electron chi connectivity index (χ1n) is 14.9. The predicted molar refractivity (Wildman–Crippen MR) is 170 cm³/mol. The minimum Gasteiger partial charge on any atom is -0.741 e. The number of benzene rings is 2. The topological polar surface area (TPSA) is 161 Å². The third-order valence-electron chi connectivity index (χ3n) is 6.12. The van der Waals surface area contributed by atoms with E-state index in [-0.39, 0.29) is 34.5 Å². The van der Waals surface area contributed by atoms with E-state index >= 15 is 8.78 Å². The van der Waals surface area contributed by atoms with Gasteiger partial charge in [-0.1, -0.05) is 6.07 Å². The second-order valence-electron chi connectivity index (χ2n) is 12.9. The molecule has 0 bridgehead atoms. The quantitative estimate of drug-likeness (QED) is 0.0831. The van der Waals surface area contributed by atoms with Gasteiger partial charge in [0.15, 0.2) is 25.3 Å². The minimum atomic E-state index is -6.09. The molecule has 0 aliphatic carbocycles.